The number of hydrogen-bond donors (Lipinski definition) is 1. The first kappa shape index (κ1) is 13.2. The van der Waals surface area contributed by atoms with E-state index >= 15 is 0 Å². The molecule has 0 aromatic carbocycles. The SMILES string of the molecule is Cc1cccnc1-c1nnc(CC(C)CC(=O)O)o1. The summed E-state index contributed by atoms with van der Waals surface area (Å²) in [6, 6.07) is 3.75. The van der Waals surface area contributed by atoms with Gasteiger partial charge in [-0.05, 0) is 24.5 Å². The summed E-state index contributed by atoms with van der Waals surface area (Å²) in [5.41, 5.74) is 1.61. The molecule has 0 saturated heterocycles. The van der Waals surface area contributed by atoms with Crippen LogP contribution in [0, 0.1) is 12.8 Å². The summed E-state index contributed by atoms with van der Waals surface area (Å²) in [6.45, 7) is 3.75. The monoisotopic (exact) mass is 261 g/mol. The zero-order valence-corrected chi connectivity index (χ0v) is 10.8. The van der Waals surface area contributed by atoms with E-state index < -0.39 is 5.97 Å². The second-order valence-electron chi connectivity index (χ2n) is 4.58. The van der Waals surface area contributed by atoms with E-state index in [0.717, 1.165) is 5.56 Å². The zero-order chi connectivity index (χ0) is 13.8. The van der Waals surface area contributed by atoms with Gasteiger partial charge in [-0.15, -0.1) is 10.2 Å². The third kappa shape index (κ3) is 3.37. The summed E-state index contributed by atoms with van der Waals surface area (Å²) < 4.78 is 5.53. The van der Waals surface area contributed by atoms with Crippen molar-refractivity contribution in [2.75, 3.05) is 0 Å². The highest BCUT2D eigenvalue weighted by atomic mass is 16.4. The molecule has 0 radical (unpaired) electrons. The lowest BCUT2D eigenvalue weighted by molar-refractivity contribution is -0.137. The quantitative estimate of drug-likeness (QED) is 0.886. The van der Waals surface area contributed by atoms with Gasteiger partial charge < -0.3 is 9.52 Å². The topological polar surface area (TPSA) is 89.1 Å². The molecule has 0 aliphatic carbocycles. The lowest BCUT2D eigenvalue weighted by Gasteiger charge is -2.03. The largest absolute Gasteiger partial charge is 0.481 e. The highest BCUT2D eigenvalue weighted by molar-refractivity contribution is 5.66. The molecule has 6 nitrogen and oxygen atoms in total. The highest BCUT2D eigenvalue weighted by Crippen LogP contribution is 2.20. The molecule has 0 amide bonds. The van der Waals surface area contributed by atoms with Gasteiger partial charge in [-0.3, -0.25) is 9.78 Å². The lowest BCUT2D eigenvalue weighted by Crippen LogP contribution is -2.07. The molecule has 1 unspecified atom stereocenters. The molecule has 2 aromatic rings. The fourth-order valence-corrected chi connectivity index (χ4v) is 1.81. The third-order valence-electron chi connectivity index (χ3n) is 2.73. The molecular formula is C13H15N3O3. The number of pyridine rings is 1. The normalized spacial score (nSPS) is 12.3. The van der Waals surface area contributed by atoms with Gasteiger partial charge in [-0.25, -0.2) is 0 Å². The molecular weight excluding hydrogens is 246 g/mol. The molecule has 1 atom stereocenters. The van der Waals surface area contributed by atoms with Crippen LogP contribution in [0.25, 0.3) is 11.6 Å². The Morgan fingerprint density at radius 2 is 2.26 bits per heavy atom. The van der Waals surface area contributed by atoms with Gasteiger partial charge >= 0.3 is 5.97 Å². The number of hydrogen-bond acceptors (Lipinski definition) is 5. The maximum atomic E-state index is 10.6. The van der Waals surface area contributed by atoms with Gasteiger partial charge in [0.2, 0.25) is 5.89 Å². The molecule has 19 heavy (non-hydrogen) atoms. The minimum absolute atomic E-state index is 0.0457. The maximum Gasteiger partial charge on any atom is 0.303 e. The van der Waals surface area contributed by atoms with Crippen molar-refractivity contribution in [1.29, 1.82) is 0 Å². The van der Waals surface area contributed by atoms with E-state index in [1.54, 1.807) is 6.20 Å². The number of aryl methyl sites for hydroxylation is 1. The van der Waals surface area contributed by atoms with Gasteiger partial charge in [-0.2, -0.15) is 0 Å². The van der Waals surface area contributed by atoms with E-state index in [9.17, 15) is 4.79 Å². The van der Waals surface area contributed by atoms with Crippen LogP contribution in [0.15, 0.2) is 22.7 Å². The van der Waals surface area contributed by atoms with Crippen LogP contribution in [0.5, 0.6) is 0 Å². The van der Waals surface area contributed by atoms with Crippen molar-refractivity contribution in [3.8, 4) is 11.6 Å². The molecule has 2 rings (SSSR count). The van der Waals surface area contributed by atoms with Gasteiger partial charge in [0, 0.05) is 19.0 Å². The molecule has 2 aromatic heterocycles. The van der Waals surface area contributed by atoms with Gasteiger partial charge in [0.05, 0.1) is 0 Å². The van der Waals surface area contributed by atoms with Crippen molar-refractivity contribution in [1.82, 2.24) is 15.2 Å². The first-order chi connectivity index (χ1) is 9.06. The molecule has 6 heteroatoms. The van der Waals surface area contributed by atoms with E-state index in [4.69, 9.17) is 9.52 Å². The molecule has 0 fully saturated rings. The second-order valence-corrected chi connectivity index (χ2v) is 4.58. The standard InChI is InChI=1S/C13H15N3O3/c1-8(7-11(17)18)6-10-15-16-13(19-10)12-9(2)4-3-5-14-12/h3-5,8H,6-7H2,1-2H3,(H,17,18). The molecule has 100 valence electrons. The molecule has 0 aliphatic heterocycles. The van der Waals surface area contributed by atoms with E-state index in [0.29, 0.717) is 23.9 Å². The van der Waals surface area contributed by atoms with Crippen LogP contribution in [-0.4, -0.2) is 26.3 Å². The van der Waals surface area contributed by atoms with E-state index in [1.807, 2.05) is 26.0 Å². The minimum atomic E-state index is -0.826. The van der Waals surface area contributed by atoms with Crippen LogP contribution in [0.1, 0.15) is 24.8 Å². The Morgan fingerprint density at radius 3 is 2.95 bits per heavy atom. The smallest absolute Gasteiger partial charge is 0.303 e. The van der Waals surface area contributed by atoms with Crippen molar-refractivity contribution in [3.63, 3.8) is 0 Å². The van der Waals surface area contributed by atoms with Crippen molar-refractivity contribution < 1.29 is 14.3 Å². The highest BCUT2D eigenvalue weighted by Gasteiger charge is 2.15. The van der Waals surface area contributed by atoms with E-state index in [2.05, 4.69) is 15.2 Å². The summed E-state index contributed by atoms with van der Waals surface area (Å²) in [4.78, 5) is 14.8. The summed E-state index contributed by atoms with van der Waals surface area (Å²) in [5, 5.41) is 16.6. The van der Waals surface area contributed by atoms with Gasteiger partial charge in [-0.1, -0.05) is 13.0 Å². The predicted molar refractivity (Wildman–Crippen MR) is 67.4 cm³/mol. The molecule has 2 heterocycles. The van der Waals surface area contributed by atoms with Crippen LogP contribution < -0.4 is 0 Å². The molecule has 0 aliphatic rings. The number of carbonyl (C=O) groups is 1. The summed E-state index contributed by atoms with van der Waals surface area (Å²) in [7, 11) is 0. The van der Waals surface area contributed by atoms with Gasteiger partial charge in [0.15, 0.2) is 0 Å². The first-order valence-electron chi connectivity index (χ1n) is 6.02. The Morgan fingerprint density at radius 1 is 1.47 bits per heavy atom. The number of aromatic nitrogens is 3. The van der Waals surface area contributed by atoms with Gasteiger partial charge in [0.25, 0.3) is 5.89 Å². The molecule has 0 saturated carbocycles. The fraction of sp³-hybridized carbons (Fsp3) is 0.385. The Kier molecular flexibility index (Phi) is 3.89. The fourth-order valence-electron chi connectivity index (χ4n) is 1.81. The van der Waals surface area contributed by atoms with Crippen molar-refractivity contribution in [2.45, 2.75) is 26.7 Å². The summed E-state index contributed by atoms with van der Waals surface area (Å²) in [5.74, 6) is -0.0622. The number of aliphatic carboxylic acids is 1. The molecule has 0 spiro atoms. The zero-order valence-electron chi connectivity index (χ0n) is 10.8. The van der Waals surface area contributed by atoms with Gasteiger partial charge in [0.1, 0.15) is 5.69 Å². The van der Waals surface area contributed by atoms with Crippen LogP contribution in [0.3, 0.4) is 0 Å². The Balaban J connectivity index is 2.11. The number of carboxylic acid groups (broad SMARTS) is 1. The average molecular weight is 261 g/mol. The van der Waals surface area contributed by atoms with Crippen molar-refractivity contribution >= 4 is 5.97 Å². The Bertz CT molecular complexity index is 580. The Hall–Kier alpha value is -2.24. The predicted octanol–water partition coefficient (Wildman–Crippen LogP) is 2.09. The summed E-state index contributed by atoms with van der Waals surface area (Å²) in [6.07, 6.45) is 2.20. The Labute approximate surface area is 110 Å². The first-order valence-corrected chi connectivity index (χ1v) is 6.02. The average Bonchev–Trinajstić information content (AvgIpc) is 2.76. The number of rotatable bonds is 5. The van der Waals surface area contributed by atoms with Crippen LogP contribution in [0.4, 0.5) is 0 Å². The minimum Gasteiger partial charge on any atom is -0.481 e. The van der Waals surface area contributed by atoms with Crippen molar-refractivity contribution in [2.24, 2.45) is 5.92 Å². The molecule has 1 N–H and O–H groups in total. The maximum absolute atomic E-state index is 10.6. The van der Waals surface area contributed by atoms with E-state index in [-0.39, 0.29) is 12.3 Å². The van der Waals surface area contributed by atoms with E-state index in [1.165, 1.54) is 0 Å². The number of carboxylic acids is 1. The summed E-state index contributed by atoms with van der Waals surface area (Å²) >= 11 is 0. The second kappa shape index (κ2) is 5.60. The number of nitrogens with zero attached hydrogens (tertiary/aromatic N) is 3. The van der Waals surface area contributed by atoms with Crippen LogP contribution in [-0.2, 0) is 11.2 Å². The van der Waals surface area contributed by atoms with Crippen LogP contribution in [0.2, 0.25) is 0 Å². The third-order valence-corrected chi connectivity index (χ3v) is 2.73. The lowest BCUT2D eigenvalue weighted by atomic mass is 10.0. The van der Waals surface area contributed by atoms with Crippen molar-refractivity contribution in [3.05, 3.63) is 29.8 Å². The molecule has 0 bridgehead atoms. The van der Waals surface area contributed by atoms with Crippen LogP contribution >= 0.6 is 0 Å².